The molecule has 1 nitrogen and oxygen atoms in total. The van der Waals surface area contributed by atoms with E-state index in [-0.39, 0.29) is 0 Å². The Balaban J connectivity index is 0.000000606. The van der Waals surface area contributed by atoms with Crippen molar-refractivity contribution in [2.75, 3.05) is 0 Å². The van der Waals surface area contributed by atoms with Crippen LogP contribution in [0.1, 0.15) is 62.3 Å². The van der Waals surface area contributed by atoms with E-state index in [0.29, 0.717) is 5.92 Å². The summed E-state index contributed by atoms with van der Waals surface area (Å²) in [6.07, 6.45) is 3.48. The third kappa shape index (κ3) is 2.27. The number of nitriles is 1. The highest BCUT2D eigenvalue weighted by Gasteiger charge is 2.19. The smallest absolute Gasteiger partial charge is 0.0994 e. The van der Waals surface area contributed by atoms with Gasteiger partial charge in [0.25, 0.3) is 0 Å². The van der Waals surface area contributed by atoms with Gasteiger partial charge >= 0.3 is 0 Å². The summed E-state index contributed by atoms with van der Waals surface area (Å²) < 4.78 is 0. The van der Waals surface area contributed by atoms with Crippen LogP contribution >= 0.6 is 0 Å². The van der Waals surface area contributed by atoms with Crippen molar-refractivity contribution in [3.8, 4) is 6.07 Å². The molecule has 16 heavy (non-hydrogen) atoms. The zero-order valence-electron chi connectivity index (χ0n) is 10.8. The Bertz CT molecular complexity index is 397. The molecule has 0 atom stereocenters. The lowest BCUT2D eigenvalue weighted by atomic mass is 9.92. The van der Waals surface area contributed by atoms with E-state index < -0.39 is 0 Å². The molecule has 1 aromatic carbocycles. The van der Waals surface area contributed by atoms with Gasteiger partial charge in [0.2, 0.25) is 0 Å². The van der Waals surface area contributed by atoms with Gasteiger partial charge in [0.1, 0.15) is 0 Å². The summed E-state index contributed by atoms with van der Waals surface area (Å²) in [6.45, 7) is 8.44. The first-order valence-electron chi connectivity index (χ1n) is 6.28. The van der Waals surface area contributed by atoms with E-state index in [0.717, 1.165) is 12.0 Å². The van der Waals surface area contributed by atoms with Crippen LogP contribution in [0.2, 0.25) is 0 Å². The van der Waals surface area contributed by atoms with Crippen LogP contribution in [-0.4, -0.2) is 0 Å². The Hall–Kier alpha value is -1.29. The second-order valence-electron chi connectivity index (χ2n) is 4.28. The van der Waals surface area contributed by atoms with Gasteiger partial charge in [-0.15, -0.1) is 0 Å². The predicted octanol–water partition coefficient (Wildman–Crippen LogP) is 4.20. The Morgan fingerprint density at radius 2 is 1.75 bits per heavy atom. The summed E-state index contributed by atoms with van der Waals surface area (Å²) >= 11 is 0. The van der Waals surface area contributed by atoms with Gasteiger partial charge in [-0.2, -0.15) is 5.26 Å². The first-order valence-corrected chi connectivity index (χ1v) is 6.28. The molecule has 0 heterocycles. The summed E-state index contributed by atoms with van der Waals surface area (Å²) in [5.74, 6) is 0.578. The van der Waals surface area contributed by atoms with Crippen molar-refractivity contribution in [2.24, 2.45) is 0 Å². The third-order valence-electron chi connectivity index (χ3n) is 3.06. The van der Waals surface area contributed by atoms with Crippen LogP contribution in [0.4, 0.5) is 0 Å². The molecular weight excluding hydrogens is 194 g/mol. The van der Waals surface area contributed by atoms with Crippen LogP contribution in [0, 0.1) is 11.3 Å². The Kier molecular flexibility index (Phi) is 4.55. The molecule has 0 N–H and O–H groups in total. The Labute approximate surface area is 99.1 Å². The number of hydrogen-bond donors (Lipinski definition) is 0. The zero-order chi connectivity index (χ0) is 12.1. The van der Waals surface area contributed by atoms with Gasteiger partial charge in [0.05, 0.1) is 11.6 Å². The quantitative estimate of drug-likeness (QED) is 0.689. The van der Waals surface area contributed by atoms with E-state index in [4.69, 9.17) is 5.26 Å². The summed E-state index contributed by atoms with van der Waals surface area (Å²) in [7, 11) is 0. The fraction of sp³-hybridized carbons (Fsp3) is 0.533. The third-order valence-corrected chi connectivity index (χ3v) is 3.06. The molecule has 86 valence electrons. The van der Waals surface area contributed by atoms with Crippen molar-refractivity contribution < 1.29 is 0 Å². The normalized spacial score (nSPS) is 12.8. The second kappa shape index (κ2) is 5.70. The van der Waals surface area contributed by atoms with Gasteiger partial charge in [0.15, 0.2) is 0 Å². The molecule has 0 saturated heterocycles. The number of hydrogen-bond acceptors (Lipinski definition) is 1. The highest BCUT2D eigenvalue weighted by molar-refractivity contribution is 5.50. The molecule has 0 unspecified atom stereocenters. The van der Waals surface area contributed by atoms with E-state index in [2.05, 4.69) is 26.0 Å². The monoisotopic (exact) mass is 215 g/mol. The average Bonchev–Trinajstić information content (AvgIpc) is 2.78. The van der Waals surface area contributed by atoms with Crippen molar-refractivity contribution in [3.63, 3.8) is 0 Å². The van der Waals surface area contributed by atoms with Crippen LogP contribution < -0.4 is 0 Å². The maximum absolute atomic E-state index is 8.98. The van der Waals surface area contributed by atoms with Crippen molar-refractivity contribution in [2.45, 2.75) is 52.9 Å². The standard InChI is InChI=1S/C13H15N.C2H6/c1-9(2)11-7-6-10(8-14)12-4-3-5-13(11)12;1-2/h6-7,9H,3-5H2,1-2H3;1-2H3. The maximum Gasteiger partial charge on any atom is 0.0994 e. The minimum absolute atomic E-state index is 0.578. The SMILES string of the molecule is CC.CC(C)c1ccc(C#N)c2c1CCC2. The summed E-state index contributed by atoms with van der Waals surface area (Å²) in [4.78, 5) is 0. The summed E-state index contributed by atoms with van der Waals surface area (Å²) in [6, 6.07) is 6.41. The molecule has 0 spiro atoms. The molecule has 1 heteroatoms. The highest BCUT2D eigenvalue weighted by Crippen LogP contribution is 2.31. The van der Waals surface area contributed by atoms with Gasteiger partial charge in [-0.3, -0.25) is 0 Å². The topological polar surface area (TPSA) is 23.8 Å². The van der Waals surface area contributed by atoms with E-state index in [9.17, 15) is 0 Å². The molecule has 0 aromatic heterocycles. The molecule has 1 aliphatic carbocycles. The van der Waals surface area contributed by atoms with E-state index in [1.54, 1.807) is 0 Å². The van der Waals surface area contributed by atoms with Crippen LogP contribution in [0.25, 0.3) is 0 Å². The van der Waals surface area contributed by atoms with Gasteiger partial charge in [0, 0.05) is 0 Å². The lowest BCUT2D eigenvalue weighted by molar-refractivity contribution is 0.838. The molecule has 1 aromatic rings. The molecule has 0 bridgehead atoms. The molecule has 2 rings (SSSR count). The number of benzene rings is 1. The minimum Gasteiger partial charge on any atom is -0.192 e. The van der Waals surface area contributed by atoms with Crippen LogP contribution in [0.3, 0.4) is 0 Å². The minimum atomic E-state index is 0.578. The van der Waals surface area contributed by atoms with Crippen LogP contribution in [0.5, 0.6) is 0 Å². The molecular formula is C15H21N. The number of fused-ring (bicyclic) bond motifs is 1. The van der Waals surface area contributed by atoms with Gasteiger partial charge in [-0.25, -0.2) is 0 Å². The lowest BCUT2D eigenvalue weighted by Crippen LogP contribution is -1.97. The Morgan fingerprint density at radius 3 is 2.31 bits per heavy atom. The van der Waals surface area contributed by atoms with Crippen molar-refractivity contribution in [3.05, 3.63) is 34.4 Å². The molecule has 0 saturated carbocycles. The summed E-state index contributed by atoms with van der Waals surface area (Å²) in [5, 5.41) is 8.98. The van der Waals surface area contributed by atoms with Gasteiger partial charge < -0.3 is 0 Å². The van der Waals surface area contributed by atoms with Gasteiger partial charge in [-0.1, -0.05) is 33.8 Å². The molecule has 1 aliphatic rings. The fourth-order valence-corrected chi connectivity index (χ4v) is 2.38. The largest absolute Gasteiger partial charge is 0.192 e. The second-order valence-corrected chi connectivity index (χ2v) is 4.28. The first kappa shape index (κ1) is 12.8. The highest BCUT2D eigenvalue weighted by atomic mass is 14.3. The first-order chi connectivity index (χ1) is 7.74. The predicted molar refractivity (Wildman–Crippen MR) is 68.6 cm³/mol. The van der Waals surface area contributed by atoms with Crippen molar-refractivity contribution >= 4 is 0 Å². The van der Waals surface area contributed by atoms with E-state index >= 15 is 0 Å². The van der Waals surface area contributed by atoms with Crippen LogP contribution in [-0.2, 0) is 12.8 Å². The lowest BCUT2D eigenvalue weighted by Gasteiger charge is -2.12. The van der Waals surface area contributed by atoms with Crippen molar-refractivity contribution in [1.29, 1.82) is 5.26 Å². The number of nitrogens with zero attached hydrogens (tertiary/aromatic N) is 1. The van der Waals surface area contributed by atoms with E-state index in [1.165, 1.54) is 29.5 Å². The average molecular weight is 215 g/mol. The van der Waals surface area contributed by atoms with Gasteiger partial charge in [-0.05, 0) is 47.9 Å². The summed E-state index contributed by atoms with van der Waals surface area (Å²) in [5.41, 5.74) is 5.11. The Morgan fingerprint density at radius 1 is 1.12 bits per heavy atom. The maximum atomic E-state index is 8.98. The van der Waals surface area contributed by atoms with E-state index in [1.807, 2.05) is 19.9 Å². The molecule has 0 aliphatic heterocycles. The number of rotatable bonds is 1. The molecule has 0 fully saturated rings. The molecule has 0 amide bonds. The zero-order valence-corrected chi connectivity index (χ0v) is 10.8. The fourth-order valence-electron chi connectivity index (χ4n) is 2.38. The van der Waals surface area contributed by atoms with Crippen molar-refractivity contribution in [1.82, 2.24) is 0 Å². The van der Waals surface area contributed by atoms with Crippen LogP contribution in [0.15, 0.2) is 12.1 Å². The molecule has 0 radical (unpaired) electrons.